The van der Waals surface area contributed by atoms with Crippen LogP contribution in [0.25, 0.3) is 0 Å². The number of amides is 1. The molecular formula is C46H53NO7. The second kappa shape index (κ2) is 23.1. The van der Waals surface area contributed by atoms with Gasteiger partial charge < -0.3 is 33.7 Å². The summed E-state index contributed by atoms with van der Waals surface area (Å²) < 4.78 is 32.1. The molecule has 0 saturated carbocycles. The average Bonchev–Trinajstić information content (AvgIpc) is 3.23. The highest BCUT2D eigenvalue weighted by Crippen LogP contribution is 2.23. The zero-order chi connectivity index (χ0) is 37.6. The molecule has 1 N–H and O–H groups in total. The largest absolute Gasteiger partial charge is 0.445 e. The molecule has 0 radical (unpaired) electrons. The van der Waals surface area contributed by atoms with Crippen molar-refractivity contribution in [3.63, 3.8) is 0 Å². The van der Waals surface area contributed by atoms with E-state index >= 15 is 0 Å². The molecule has 1 amide bonds. The summed E-state index contributed by atoms with van der Waals surface area (Å²) in [5, 5.41) is 12.0. The first-order valence-corrected chi connectivity index (χ1v) is 18.8. The molecule has 54 heavy (non-hydrogen) atoms. The van der Waals surface area contributed by atoms with Crippen LogP contribution in [0, 0.1) is 0 Å². The van der Waals surface area contributed by atoms with E-state index in [1.165, 1.54) is 0 Å². The number of hydrogen-bond acceptors (Lipinski definition) is 7. The molecule has 0 aliphatic carbocycles. The normalized spacial score (nSPS) is 13.4. The van der Waals surface area contributed by atoms with Crippen molar-refractivity contribution >= 4 is 6.09 Å². The Morgan fingerprint density at radius 2 is 0.963 bits per heavy atom. The molecule has 8 nitrogen and oxygen atoms in total. The van der Waals surface area contributed by atoms with Gasteiger partial charge in [0.25, 0.3) is 0 Å². The minimum Gasteiger partial charge on any atom is -0.445 e. The Kier molecular flexibility index (Phi) is 17.2. The molecule has 4 atom stereocenters. The SMILES string of the molecule is CCCCN(C[C@H](OCc1ccccc1)[C@@H](OCc1ccccc1)[C@@H](OCc1ccccc1)[C@H](O)COCc1ccccc1)C(=O)OCc1ccccc1. The van der Waals surface area contributed by atoms with Gasteiger partial charge in [0.05, 0.1) is 39.6 Å². The number of aliphatic hydroxyl groups is 1. The number of aliphatic hydroxyl groups excluding tert-OH is 1. The topological polar surface area (TPSA) is 86.7 Å². The number of nitrogens with zero attached hydrogens (tertiary/aromatic N) is 1. The zero-order valence-corrected chi connectivity index (χ0v) is 31.2. The molecule has 0 aliphatic rings. The fraction of sp³-hybridized carbons (Fsp3) is 0.326. The lowest BCUT2D eigenvalue weighted by Crippen LogP contribution is -2.54. The van der Waals surface area contributed by atoms with Gasteiger partial charge in [-0.15, -0.1) is 0 Å². The first kappa shape index (κ1) is 40.4. The summed E-state index contributed by atoms with van der Waals surface area (Å²) in [7, 11) is 0. The maximum atomic E-state index is 13.8. The van der Waals surface area contributed by atoms with Crippen LogP contribution in [0.15, 0.2) is 152 Å². The third kappa shape index (κ3) is 13.9. The molecule has 0 fully saturated rings. The minimum absolute atomic E-state index is 0.0103. The lowest BCUT2D eigenvalue weighted by molar-refractivity contribution is -0.189. The van der Waals surface area contributed by atoms with Gasteiger partial charge in [0.2, 0.25) is 0 Å². The number of carbonyl (C=O) groups excluding carboxylic acids is 1. The number of unbranched alkanes of at least 4 members (excludes halogenated alkanes) is 1. The van der Waals surface area contributed by atoms with Crippen molar-refractivity contribution in [2.45, 2.75) is 77.2 Å². The minimum atomic E-state index is -1.10. The predicted octanol–water partition coefficient (Wildman–Crippen LogP) is 8.76. The third-order valence-corrected chi connectivity index (χ3v) is 8.99. The van der Waals surface area contributed by atoms with Gasteiger partial charge in [-0.05, 0) is 34.2 Å². The van der Waals surface area contributed by atoms with Gasteiger partial charge in [-0.25, -0.2) is 4.79 Å². The van der Waals surface area contributed by atoms with Crippen molar-refractivity contribution < 1.29 is 33.6 Å². The molecule has 284 valence electrons. The van der Waals surface area contributed by atoms with Crippen LogP contribution in [0.3, 0.4) is 0 Å². The monoisotopic (exact) mass is 731 g/mol. The molecular weight excluding hydrogens is 679 g/mol. The van der Waals surface area contributed by atoms with Crippen molar-refractivity contribution in [3.05, 3.63) is 179 Å². The van der Waals surface area contributed by atoms with Crippen LogP contribution < -0.4 is 0 Å². The maximum Gasteiger partial charge on any atom is 0.410 e. The smallest absolute Gasteiger partial charge is 0.410 e. The van der Waals surface area contributed by atoms with E-state index in [1.807, 2.05) is 152 Å². The van der Waals surface area contributed by atoms with Crippen LogP contribution in [-0.2, 0) is 56.7 Å². The Labute approximate surface area is 320 Å². The van der Waals surface area contributed by atoms with Gasteiger partial charge in [-0.1, -0.05) is 165 Å². The van der Waals surface area contributed by atoms with Gasteiger partial charge in [-0.3, -0.25) is 0 Å². The number of carbonyl (C=O) groups is 1. The molecule has 5 aromatic carbocycles. The van der Waals surface area contributed by atoms with Crippen molar-refractivity contribution in [2.24, 2.45) is 0 Å². The Hall–Kier alpha value is -4.83. The molecule has 0 saturated heterocycles. The second-order valence-corrected chi connectivity index (χ2v) is 13.3. The van der Waals surface area contributed by atoms with Gasteiger partial charge in [-0.2, -0.15) is 0 Å². The highest BCUT2D eigenvalue weighted by molar-refractivity contribution is 5.67. The second-order valence-electron chi connectivity index (χ2n) is 13.3. The Balaban J connectivity index is 1.46. The van der Waals surface area contributed by atoms with Crippen LogP contribution in [0.5, 0.6) is 0 Å². The number of benzene rings is 5. The fourth-order valence-electron chi connectivity index (χ4n) is 6.00. The van der Waals surface area contributed by atoms with E-state index in [1.54, 1.807) is 4.90 Å². The molecule has 0 unspecified atom stereocenters. The van der Waals surface area contributed by atoms with Gasteiger partial charge in [0, 0.05) is 6.54 Å². The standard InChI is InChI=1S/C46H53NO7/c1-2-3-29-47(46(49)54-35-41-27-17-8-18-28-41)30-43(51-32-38-21-11-5-12-22-38)45(53-34-40-25-15-7-16-26-40)44(52-33-39-23-13-6-14-24-39)42(48)36-50-31-37-19-9-4-10-20-37/h4-28,42-45,48H,2-3,29-36H2,1H3/t42-,43+,44+,45-/m1/s1. The molecule has 5 aromatic rings. The molecule has 0 spiro atoms. The molecule has 5 rings (SSSR count). The molecule has 8 heteroatoms. The lowest BCUT2D eigenvalue weighted by Gasteiger charge is -2.38. The average molecular weight is 732 g/mol. The molecule has 0 heterocycles. The van der Waals surface area contributed by atoms with Crippen LogP contribution in [0.4, 0.5) is 4.79 Å². The molecule has 0 aromatic heterocycles. The number of ether oxygens (including phenoxy) is 5. The Morgan fingerprint density at radius 3 is 1.43 bits per heavy atom. The summed E-state index contributed by atoms with van der Waals surface area (Å²) in [6, 6.07) is 49.0. The lowest BCUT2D eigenvalue weighted by atomic mass is 10.0. The predicted molar refractivity (Wildman–Crippen MR) is 210 cm³/mol. The van der Waals surface area contributed by atoms with Crippen LogP contribution in [-0.4, -0.2) is 60.2 Å². The van der Waals surface area contributed by atoms with Crippen LogP contribution >= 0.6 is 0 Å². The Bertz CT molecular complexity index is 1710. The Morgan fingerprint density at radius 1 is 0.556 bits per heavy atom. The first-order valence-electron chi connectivity index (χ1n) is 18.8. The van der Waals surface area contributed by atoms with E-state index in [0.717, 1.165) is 40.7 Å². The van der Waals surface area contributed by atoms with Gasteiger partial charge in [0.15, 0.2) is 0 Å². The summed E-state index contributed by atoms with van der Waals surface area (Å²) in [6.45, 7) is 3.84. The summed E-state index contributed by atoms with van der Waals surface area (Å²) in [4.78, 5) is 15.5. The van der Waals surface area contributed by atoms with E-state index in [9.17, 15) is 9.90 Å². The highest BCUT2D eigenvalue weighted by Gasteiger charge is 2.39. The quantitative estimate of drug-likeness (QED) is 0.0719. The van der Waals surface area contributed by atoms with Gasteiger partial charge in [0.1, 0.15) is 31.0 Å². The third-order valence-electron chi connectivity index (χ3n) is 8.99. The summed E-state index contributed by atoms with van der Waals surface area (Å²) in [5.74, 6) is 0. The fourth-order valence-corrected chi connectivity index (χ4v) is 6.00. The van der Waals surface area contributed by atoms with Crippen LogP contribution in [0.1, 0.15) is 47.6 Å². The van der Waals surface area contributed by atoms with E-state index in [-0.39, 0.29) is 39.6 Å². The maximum absolute atomic E-state index is 13.8. The van der Waals surface area contributed by atoms with Crippen LogP contribution in [0.2, 0.25) is 0 Å². The first-order chi connectivity index (χ1) is 26.6. The van der Waals surface area contributed by atoms with Crippen molar-refractivity contribution in [3.8, 4) is 0 Å². The summed E-state index contributed by atoms with van der Waals surface area (Å²) in [5.41, 5.74) is 4.75. The number of hydrogen-bond donors (Lipinski definition) is 1. The highest BCUT2D eigenvalue weighted by atomic mass is 16.6. The van der Waals surface area contributed by atoms with E-state index in [4.69, 9.17) is 23.7 Å². The van der Waals surface area contributed by atoms with E-state index < -0.39 is 30.5 Å². The van der Waals surface area contributed by atoms with Crippen molar-refractivity contribution in [1.82, 2.24) is 4.90 Å². The van der Waals surface area contributed by atoms with Gasteiger partial charge >= 0.3 is 6.09 Å². The zero-order valence-electron chi connectivity index (χ0n) is 31.2. The van der Waals surface area contributed by atoms with E-state index in [0.29, 0.717) is 13.2 Å². The molecule has 0 bridgehead atoms. The van der Waals surface area contributed by atoms with Crippen molar-refractivity contribution in [1.29, 1.82) is 0 Å². The summed E-state index contributed by atoms with van der Waals surface area (Å²) in [6.07, 6.45) is -2.37. The van der Waals surface area contributed by atoms with Crippen molar-refractivity contribution in [2.75, 3.05) is 19.7 Å². The molecule has 0 aliphatic heterocycles. The summed E-state index contributed by atoms with van der Waals surface area (Å²) >= 11 is 0. The van der Waals surface area contributed by atoms with E-state index in [2.05, 4.69) is 6.92 Å². The number of rotatable bonds is 23.